The van der Waals surface area contributed by atoms with Gasteiger partial charge >= 0.3 is 0 Å². The van der Waals surface area contributed by atoms with Crippen LogP contribution in [0.5, 0.6) is 5.75 Å². The van der Waals surface area contributed by atoms with Gasteiger partial charge in [0.15, 0.2) is 0 Å². The summed E-state index contributed by atoms with van der Waals surface area (Å²) in [6.07, 6.45) is 1.67. The molecule has 0 aliphatic heterocycles. The summed E-state index contributed by atoms with van der Waals surface area (Å²) in [5, 5.41) is 4.00. The molecule has 3 rings (SSSR count). The number of carbonyl (C=O) groups excluding carboxylic acids is 1. The predicted octanol–water partition coefficient (Wildman–Crippen LogP) is 3.88. The first-order valence-corrected chi connectivity index (χ1v) is 8.55. The number of ether oxygens (including phenoxy) is 1. The molecule has 1 aromatic heterocycles. The Hall–Kier alpha value is -3.41. The summed E-state index contributed by atoms with van der Waals surface area (Å²) in [5.41, 5.74) is 2.56. The Labute approximate surface area is 158 Å². The summed E-state index contributed by atoms with van der Waals surface area (Å²) in [5.74, 6) is 1.45. The largest absolute Gasteiger partial charge is 0.490 e. The molecule has 0 spiro atoms. The summed E-state index contributed by atoms with van der Waals surface area (Å²) < 4.78 is 10.7. The molecule has 2 aromatic carbocycles. The first-order valence-electron chi connectivity index (χ1n) is 8.55. The van der Waals surface area contributed by atoms with Crippen molar-refractivity contribution in [3.8, 4) is 17.1 Å². The van der Waals surface area contributed by atoms with E-state index in [0.29, 0.717) is 29.6 Å². The Kier molecular flexibility index (Phi) is 5.66. The number of aryl methyl sites for hydroxylation is 1. The molecule has 0 bridgehead atoms. The van der Waals surface area contributed by atoms with Crippen LogP contribution in [-0.4, -0.2) is 34.6 Å². The van der Waals surface area contributed by atoms with Crippen molar-refractivity contribution in [2.75, 3.05) is 13.7 Å². The molecule has 6 nitrogen and oxygen atoms in total. The first kappa shape index (κ1) is 18.4. The summed E-state index contributed by atoms with van der Waals surface area (Å²) >= 11 is 0. The SMILES string of the molecule is C=CCOc1ccc(C(=O)N(C)Cc2nc(-c3cccc(C)c3)no2)cc1. The van der Waals surface area contributed by atoms with E-state index in [2.05, 4.69) is 16.7 Å². The number of amides is 1. The highest BCUT2D eigenvalue weighted by molar-refractivity contribution is 5.94. The molecule has 0 saturated carbocycles. The van der Waals surface area contributed by atoms with Crippen LogP contribution in [0.4, 0.5) is 0 Å². The fourth-order valence-corrected chi connectivity index (χ4v) is 2.56. The van der Waals surface area contributed by atoms with Crippen LogP contribution in [-0.2, 0) is 6.54 Å². The van der Waals surface area contributed by atoms with Crippen LogP contribution in [0.2, 0.25) is 0 Å². The van der Waals surface area contributed by atoms with Crippen molar-refractivity contribution in [1.82, 2.24) is 15.0 Å². The summed E-state index contributed by atoms with van der Waals surface area (Å²) in [6, 6.07) is 14.8. The van der Waals surface area contributed by atoms with E-state index in [4.69, 9.17) is 9.26 Å². The van der Waals surface area contributed by atoms with Gasteiger partial charge in [-0.1, -0.05) is 41.6 Å². The van der Waals surface area contributed by atoms with Crippen molar-refractivity contribution in [3.05, 3.63) is 78.2 Å². The molecule has 0 radical (unpaired) electrons. The maximum absolute atomic E-state index is 12.6. The van der Waals surface area contributed by atoms with Crippen LogP contribution >= 0.6 is 0 Å². The van der Waals surface area contributed by atoms with Gasteiger partial charge in [0.2, 0.25) is 11.7 Å². The zero-order chi connectivity index (χ0) is 19.2. The lowest BCUT2D eigenvalue weighted by Gasteiger charge is -2.15. The lowest BCUT2D eigenvalue weighted by Crippen LogP contribution is -2.26. The summed E-state index contributed by atoms with van der Waals surface area (Å²) in [6.45, 7) is 6.26. The minimum absolute atomic E-state index is 0.138. The van der Waals surface area contributed by atoms with Gasteiger partial charge < -0.3 is 14.2 Å². The number of carbonyl (C=O) groups is 1. The van der Waals surface area contributed by atoms with Crippen molar-refractivity contribution in [1.29, 1.82) is 0 Å². The van der Waals surface area contributed by atoms with E-state index < -0.39 is 0 Å². The Bertz CT molecular complexity index is 932. The van der Waals surface area contributed by atoms with Crippen molar-refractivity contribution in [2.45, 2.75) is 13.5 Å². The van der Waals surface area contributed by atoms with E-state index in [1.165, 1.54) is 4.90 Å². The molecule has 1 amide bonds. The van der Waals surface area contributed by atoms with Gasteiger partial charge in [0, 0.05) is 18.2 Å². The van der Waals surface area contributed by atoms with Crippen molar-refractivity contribution < 1.29 is 14.1 Å². The molecule has 0 fully saturated rings. The van der Waals surface area contributed by atoms with Gasteiger partial charge in [-0.05, 0) is 37.3 Å². The summed E-state index contributed by atoms with van der Waals surface area (Å²) in [4.78, 5) is 18.5. The quantitative estimate of drug-likeness (QED) is 0.596. The van der Waals surface area contributed by atoms with Crippen molar-refractivity contribution in [2.24, 2.45) is 0 Å². The number of rotatable bonds is 7. The van der Waals surface area contributed by atoms with Gasteiger partial charge in [-0.3, -0.25) is 4.79 Å². The maximum Gasteiger partial charge on any atom is 0.254 e. The topological polar surface area (TPSA) is 68.5 Å². The van der Waals surface area contributed by atoms with Crippen LogP contribution in [0.15, 0.2) is 65.7 Å². The smallest absolute Gasteiger partial charge is 0.254 e. The highest BCUT2D eigenvalue weighted by atomic mass is 16.5. The Morgan fingerprint density at radius 1 is 1.26 bits per heavy atom. The van der Waals surface area contributed by atoms with Crippen LogP contribution < -0.4 is 4.74 Å². The maximum atomic E-state index is 12.6. The molecule has 0 aliphatic carbocycles. The van der Waals surface area contributed by atoms with E-state index in [-0.39, 0.29) is 12.5 Å². The van der Waals surface area contributed by atoms with E-state index in [1.807, 2.05) is 31.2 Å². The molecule has 0 N–H and O–H groups in total. The van der Waals surface area contributed by atoms with Gasteiger partial charge in [-0.15, -0.1) is 0 Å². The van der Waals surface area contributed by atoms with Crippen LogP contribution in [0.1, 0.15) is 21.8 Å². The van der Waals surface area contributed by atoms with Crippen molar-refractivity contribution in [3.63, 3.8) is 0 Å². The zero-order valence-corrected chi connectivity index (χ0v) is 15.4. The number of benzene rings is 2. The van der Waals surface area contributed by atoms with Crippen molar-refractivity contribution >= 4 is 5.91 Å². The average Bonchev–Trinajstić information content (AvgIpc) is 3.14. The number of aromatic nitrogens is 2. The fourth-order valence-electron chi connectivity index (χ4n) is 2.56. The molecule has 6 heteroatoms. The van der Waals surface area contributed by atoms with Gasteiger partial charge in [0.25, 0.3) is 5.91 Å². The predicted molar refractivity (Wildman–Crippen MR) is 102 cm³/mol. The monoisotopic (exact) mass is 363 g/mol. The third kappa shape index (κ3) is 4.61. The lowest BCUT2D eigenvalue weighted by molar-refractivity contribution is 0.0769. The molecule has 1 heterocycles. The molecular formula is C21H21N3O3. The first-order chi connectivity index (χ1) is 13.1. The molecule has 27 heavy (non-hydrogen) atoms. The van der Waals surface area contributed by atoms with Crippen LogP contribution in [0.3, 0.4) is 0 Å². The average molecular weight is 363 g/mol. The lowest BCUT2D eigenvalue weighted by atomic mass is 10.1. The van der Waals surface area contributed by atoms with Gasteiger partial charge in [-0.25, -0.2) is 0 Å². The van der Waals surface area contributed by atoms with Crippen LogP contribution in [0.25, 0.3) is 11.4 Å². The fraction of sp³-hybridized carbons (Fsp3) is 0.190. The molecule has 0 atom stereocenters. The molecule has 0 aliphatic rings. The minimum atomic E-state index is -0.138. The van der Waals surface area contributed by atoms with Crippen LogP contribution in [0, 0.1) is 6.92 Å². The van der Waals surface area contributed by atoms with Gasteiger partial charge in [-0.2, -0.15) is 4.98 Å². The molecule has 3 aromatic rings. The number of hydrogen-bond donors (Lipinski definition) is 0. The Morgan fingerprint density at radius 3 is 2.74 bits per heavy atom. The van der Waals surface area contributed by atoms with E-state index >= 15 is 0 Å². The molecule has 0 saturated heterocycles. The molecular weight excluding hydrogens is 342 g/mol. The highest BCUT2D eigenvalue weighted by Gasteiger charge is 2.16. The second-order valence-corrected chi connectivity index (χ2v) is 6.17. The van der Waals surface area contributed by atoms with Gasteiger partial charge in [0.1, 0.15) is 12.4 Å². The van der Waals surface area contributed by atoms with E-state index in [9.17, 15) is 4.79 Å². The standard InChI is InChI=1S/C21H21N3O3/c1-4-12-26-18-10-8-16(9-11-18)21(25)24(3)14-19-22-20(23-27-19)17-7-5-6-15(2)13-17/h4-11,13H,1,12,14H2,2-3H3. The second-order valence-electron chi connectivity index (χ2n) is 6.17. The van der Waals surface area contributed by atoms with E-state index in [1.54, 1.807) is 37.4 Å². The molecule has 138 valence electrons. The normalized spacial score (nSPS) is 10.4. The Morgan fingerprint density at radius 2 is 2.04 bits per heavy atom. The van der Waals surface area contributed by atoms with E-state index in [0.717, 1.165) is 11.1 Å². The van der Waals surface area contributed by atoms with Gasteiger partial charge in [0.05, 0.1) is 6.54 Å². The summed E-state index contributed by atoms with van der Waals surface area (Å²) in [7, 11) is 1.70. The molecule has 0 unspecified atom stereocenters. The third-order valence-electron chi connectivity index (χ3n) is 3.93. The number of nitrogens with zero attached hydrogens (tertiary/aromatic N) is 3. The minimum Gasteiger partial charge on any atom is -0.490 e. The second kappa shape index (κ2) is 8.31. The zero-order valence-electron chi connectivity index (χ0n) is 15.4. The number of hydrogen-bond acceptors (Lipinski definition) is 5. The highest BCUT2D eigenvalue weighted by Crippen LogP contribution is 2.18. The Balaban J connectivity index is 1.65. The third-order valence-corrected chi connectivity index (χ3v) is 3.93.